The van der Waals surface area contributed by atoms with Crippen LogP contribution in [0.25, 0.3) is 0 Å². The van der Waals surface area contributed by atoms with Crippen molar-refractivity contribution in [2.45, 2.75) is 37.4 Å². The molecule has 2 aromatic rings. The molecule has 0 saturated carbocycles. The number of ether oxygens (including phenoxy) is 2. The number of hydrogen-bond acceptors (Lipinski definition) is 7. The van der Waals surface area contributed by atoms with E-state index in [0.29, 0.717) is 11.7 Å². The number of methoxy groups -OCH3 is 1. The highest BCUT2D eigenvalue weighted by atomic mass is 32.2. The molecule has 1 aromatic heterocycles. The average Bonchev–Trinajstić information content (AvgIpc) is 2.82. The Morgan fingerprint density at radius 2 is 2.06 bits per heavy atom. The first-order valence-electron chi connectivity index (χ1n) is 11.4. The molecule has 4 rings (SSSR count). The Kier molecular flexibility index (Phi) is 8.35. The third-order valence-corrected chi connectivity index (χ3v) is 7.09. The molecule has 0 radical (unpaired) electrons. The molecule has 0 spiro atoms. The lowest BCUT2D eigenvalue weighted by atomic mass is 9.92. The quantitative estimate of drug-likeness (QED) is 0.439. The molecule has 0 amide bonds. The number of nitrogens with zero attached hydrogens (tertiary/aromatic N) is 4. The maximum absolute atomic E-state index is 13.7. The van der Waals surface area contributed by atoms with E-state index >= 15 is 0 Å². The molecule has 3 heterocycles. The molecule has 0 bridgehead atoms. The van der Waals surface area contributed by atoms with Crippen molar-refractivity contribution in [3.8, 4) is 5.75 Å². The van der Waals surface area contributed by atoms with E-state index < -0.39 is 0 Å². The highest BCUT2D eigenvalue weighted by Gasteiger charge is 2.24. The van der Waals surface area contributed by atoms with Crippen LogP contribution in [0.4, 0.5) is 4.39 Å². The Hall–Kier alpha value is -1.74. The van der Waals surface area contributed by atoms with Gasteiger partial charge in [-0.05, 0) is 49.6 Å². The lowest BCUT2D eigenvalue weighted by molar-refractivity contribution is 0.0410. The summed E-state index contributed by atoms with van der Waals surface area (Å²) >= 11 is 1.74. The summed E-state index contributed by atoms with van der Waals surface area (Å²) in [5, 5.41) is 0.874. The number of hydrogen-bond donors (Lipinski definition) is 0. The summed E-state index contributed by atoms with van der Waals surface area (Å²) in [5.74, 6) is 1.38. The predicted octanol–water partition coefficient (Wildman–Crippen LogP) is 3.74. The van der Waals surface area contributed by atoms with Crippen molar-refractivity contribution in [3.63, 3.8) is 0 Å². The first-order valence-corrected chi connectivity index (χ1v) is 12.4. The second-order valence-corrected chi connectivity index (χ2v) is 9.63. The van der Waals surface area contributed by atoms with Crippen molar-refractivity contribution < 1.29 is 13.9 Å². The number of rotatable bonds is 8. The fourth-order valence-electron chi connectivity index (χ4n) is 4.49. The number of morpholine rings is 1. The van der Waals surface area contributed by atoms with E-state index in [4.69, 9.17) is 14.5 Å². The molecule has 8 heteroatoms. The Morgan fingerprint density at radius 1 is 1.22 bits per heavy atom. The summed E-state index contributed by atoms with van der Waals surface area (Å²) in [6.07, 6.45) is 4.24. The van der Waals surface area contributed by atoms with Crippen molar-refractivity contribution in [1.29, 1.82) is 0 Å². The van der Waals surface area contributed by atoms with Crippen LogP contribution in [0.1, 0.15) is 35.6 Å². The summed E-state index contributed by atoms with van der Waals surface area (Å²) < 4.78 is 24.3. The molecule has 1 atom stereocenters. The minimum absolute atomic E-state index is 0.307. The summed E-state index contributed by atoms with van der Waals surface area (Å²) in [6.45, 7) is 9.63. The van der Waals surface area contributed by atoms with Gasteiger partial charge in [0.1, 0.15) is 0 Å². The van der Waals surface area contributed by atoms with Gasteiger partial charge in [-0.3, -0.25) is 9.80 Å². The first kappa shape index (κ1) is 23.4. The molecule has 32 heavy (non-hydrogen) atoms. The van der Waals surface area contributed by atoms with Crippen LogP contribution in [-0.4, -0.2) is 78.6 Å². The Bertz CT molecular complexity index is 894. The molecule has 0 N–H and O–H groups in total. The van der Waals surface area contributed by atoms with E-state index in [1.807, 2.05) is 12.3 Å². The number of aryl methyl sites for hydroxylation is 1. The lowest BCUT2D eigenvalue weighted by Gasteiger charge is -2.33. The van der Waals surface area contributed by atoms with Crippen molar-refractivity contribution >= 4 is 11.8 Å². The van der Waals surface area contributed by atoms with Gasteiger partial charge in [-0.25, -0.2) is 14.4 Å². The van der Waals surface area contributed by atoms with Crippen LogP contribution in [0.5, 0.6) is 5.75 Å². The summed E-state index contributed by atoms with van der Waals surface area (Å²) in [4.78, 5) is 14.4. The number of halogens is 1. The zero-order chi connectivity index (χ0) is 22.3. The molecular weight excluding hydrogens is 427 g/mol. The van der Waals surface area contributed by atoms with Gasteiger partial charge >= 0.3 is 0 Å². The lowest BCUT2D eigenvalue weighted by Crippen LogP contribution is -2.37. The van der Waals surface area contributed by atoms with Crippen LogP contribution in [0.3, 0.4) is 0 Å². The molecule has 1 unspecified atom stereocenters. The largest absolute Gasteiger partial charge is 0.494 e. The topological polar surface area (TPSA) is 50.7 Å². The molecule has 6 nitrogen and oxygen atoms in total. The fraction of sp³-hybridized carbons (Fsp3) is 0.583. The smallest absolute Gasteiger partial charge is 0.187 e. The zero-order valence-electron chi connectivity index (χ0n) is 19.1. The Balaban J connectivity index is 1.36. The third-order valence-electron chi connectivity index (χ3n) is 6.25. The minimum Gasteiger partial charge on any atom is -0.494 e. The van der Waals surface area contributed by atoms with Crippen LogP contribution >= 0.6 is 11.8 Å². The number of likely N-dealkylation sites (tertiary alicyclic amines) is 1. The fourth-order valence-corrected chi connectivity index (χ4v) is 5.32. The van der Waals surface area contributed by atoms with Crippen LogP contribution in [-0.2, 0) is 11.3 Å². The van der Waals surface area contributed by atoms with E-state index in [2.05, 4.69) is 21.7 Å². The van der Waals surface area contributed by atoms with Crippen molar-refractivity contribution in [1.82, 2.24) is 19.8 Å². The second-order valence-electron chi connectivity index (χ2n) is 8.57. The maximum Gasteiger partial charge on any atom is 0.187 e. The third kappa shape index (κ3) is 6.19. The number of benzene rings is 1. The van der Waals surface area contributed by atoms with Crippen LogP contribution in [0, 0.1) is 12.7 Å². The van der Waals surface area contributed by atoms with Crippen molar-refractivity contribution in [2.24, 2.45) is 0 Å². The van der Waals surface area contributed by atoms with Gasteiger partial charge in [0.2, 0.25) is 0 Å². The summed E-state index contributed by atoms with van der Waals surface area (Å²) in [6, 6.07) is 5.14. The van der Waals surface area contributed by atoms with Crippen LogP contribution < -0.4 is 4.74 Å². The maximum atomic E-state index is 13.7. The molecule has 2 aliphatic heterocycles. The van der Waals surface area contributed by atoms with Gasteiger partial charge in [-0.2, -0.15) is 0 Å². The first-order chi connectivity index (χ1) is 15.6. The Labute approximate surface area is 194 Å². The average molecular weight is 461 g/mol. The van der Waals surface area contributed by atoms with Gasteiger partial charge < -0.3 is 9.47 Å². The molecule has 1 aromatic carbocycles. The summed E-state index contributed by atoms with van der Waals surface area (Å²) in [7, 11) is 1.51. The van der Waals surface area contributed by atoms with E-state index in [-0.39, 0.29) is 5.82 Å². The normalized spacial score (nSPS) is 20.4. The molecule has 2 aliphatic rings. The molecular formula is C24H33FN4O2S. The van der Waals surface area contributed by atoms with Gasteiger partial charge in [0.15, 0.2) is 16.7 Å². The number of thioether (sulfide) groups is 1. The minimum atomic E-state index is -0.317. The van der Waals surface area contributed by atoms with E-state index in [1.54, 1.807) is 17.8 Å². The van der Waals surface area contributed by atoms with E-state index in [0.717, 1.165) is 87.4 Å². The highest BCUT2D eigenvalue weighted by molar-refractivity contribution is 7.99. The van der Waals surface area contributed by atoms with Crippen LogP contribution in [0.2, 0.25) is 0 Å². The van der Waals surface area contributed by atoms with Gasteiger partial charge in [-0.1, -0.05) is 17.8 Å². The van der Waals surface area contributed by atoms with E-state index in [9.17, 15) is 4.39 Å². The standard InChI is InChI=1S/C24H33FN4O2S/c1-18-15-26-24(32-13-10-28-8-11-31-12-9-28)27-23(18)20-4-3-7-29(17-20)16-19-5-6-21(25)22(14-19)30-2/h5-6,14-15,20H,3-4,7-13,16-17H2,1-2H3. The van der Waals surface area contributed by atoms with Gasteiger partial charge in [0.05, 0.1) is 26.0 Å². The number of piperidine rings is 1. The number of aromatic nitrogens is 2. The predicted molar refractivity (Wildman–Crippen MR) is 125 cm³/mol. The van der Waals surface area contributed by atoms with Gasteiger partial charge in [0, 0.05) is 50.6 Å². The van der Waals surface area contributed by atoms with Gasteiger partial charge in [0.25, 0.3) is 0 Å². The highest BCUT2D eigenvalue weighted by Crippen LogP contribution is 2.30. The molecule has 2 fully saturated rings. The Morgan fingerprint density at radius 3 is 2.88 bits per heavy atom. The molecule has 174 valence electrons. The van der Waals surface area contributed by atoms with E-state index in [1.165, 1.54) is 18.9 Å². The molecule has 2 saturated heterocycles. The molecule has 0 aliphatic carbocycles. The SMILES string of the molecule is COc1cc(CN2CCCC(c3nc(SCCN4CCOCC4)ncc3C)C2)ccc1F. The second kappa shape index (κ2) is 11.4. The summed E-state index contributed by atoms with van der Waals surface area (Å²) in [5.41, 5.74) is 3.41. The van der Waals surface area contributed by atoms with Crippen molar-refractivity contribution in [3.05, 3.63) is 47.0 Å². The van der Waals surface area contributed by atoms with Gasteiger partial charge in [-0.15, -0.1) is 0 Å². The monoisotopic (exact) mass is 460 g/mol. The van der Waals surface area contributed by atoms with Crippen LogP contribution in [0.15, 0.2) is 29.6 Å². The zero-order valence-corrected chi connectivity index (χ0v) is 19.9. The van der Waals surface area contributed by atoms with Crippen molar-refractivity contribution in [2.75, 3.05) is 58.8 Å².